The predicted molar refractivity (Wildman–Crippen MR) is 144 cm³/mol. The summed E-state index contributed by atoms with van der Waals surface area (Å²) in [5.74, 6) is -0.773. The lowest BCUT2D eigenvalue weighted by atomic mass is 9.87. The zero-order valence-corrected chi connectivity index (χ0v) is 21.8. The molecule has 2 aromatic carbocycles. The topological polar surface area (TPSA) is 108 Å². The summed E-state index contributed by atoms with van der Waals surface area (Å²) < 4.78 is 0. The van der Waals surface area contributed by atoms with Crippen LogP contribution >= 0.6 is 0 Å². The number of rotatable bonds is 17. The highest BCUT2D eigenvalue weighted by molar-refractivity contribution is 5.67. The van der Waals surface area contributed by atoms with Gasteiger partial charge in [-0.3, -0.25) is 14.9 Å². The Morgan fingerprint density at radius 1 is 1.03 bits per heavy atom. The monoisotopic (exact) mass is 496 g/mol. The number of hydrogen-bond acceptors (Lipinski definition) is 6. The van der Waals surface area contributed by atoms with Gasteiger partial charge in [-0.2, -0.15) is 10.2 Å². The van der Waals surface area contributed by atoms with Gasteiger partial charge in [-0.1, -0.05) is 63.6 Å². The standard InChI is InChI=1S/C28H40N4O4/c1-4-5-6-7-8-9-12-23(21-22(2)32(35)36)26-13-10-11-14-27(26)30-29-24-15-17-25(18-16-24)31(3)20-19-28(33)34/h10-11,13-18,22-23H,4-9,12,19-21H2,1-3H3,(H,33,34). The first kappa shape index (κ1) is 28.9. The van der Waals surface area contributed by atoms with Crippen LogP contribution in [0.15, 0.2) is 58.8 Å². The lowest BCUT2D eigenvalue weighted by Gasteiger charge is -2.19. The molecular formula is C28H40N4O4. The smallest absolute Gasteiger partial charge is 0.305 e. The number of nitro groups is 1. The highest BCUT2D eigenvalue weighted by Gasteiger charge is 2.23. The van der Waals surface area contributed by atoms with E-state index in [1.807, 2.05) is 60.5 Å². The number of unbranched alkanes of at least 4 members (excludes halogenated alkanes) is 5. The van der Waals surface area contributed by atoms with E-state index in [0.29, 0.717) is 18.7 Å². The zero-order chi connectivity index (χ0) is 26.3. The van der Waals surface area contributed by atoms with Crippen LogP contribution in [0.2, 0.25) is 0 Å². The highest BCUT2D eigenvalue weighted by atomic mass is 16.6. The van der Waals surface area contributed by atoms with Crippen LogP contribution < -0.4 is 4.90 Å². The molecule has 0 aromatic heterocycles. The SMILES string of the molecule is CCCCCCCCC(CC(C)[N+](=O)[O-])c1ccccc1N=Nc1ccc(N(C)CCC(=O)O)cc1. The molecular weight excluding hydrogens is 456 g/mol. The third kappa shape index (κ3) is 10.1. The summed E-state index contributed by atoms with van der Waals surface area (Å²) in [6, 6.07) is 14.7. The molecule has 0 aliphatic rings. The molecule has 0 amide bonds. The molecule has 8 nitrogen and oxygen atoms in total. The van der Waals surface area contributed by atoms with Crippen molar-refractivity contribution in [3.63, 3.8) is 0 Å². The summed E-state index contributed by atoms with van der Waals surface area (Å²) in [7, 11) is 1.85. The van der Waals surface area contributed by atoms with E-state index in [4.69, 9.17) is 5.11 Å². The molecule has 196 valence electrons. The molecule has 0 fully saturated rings. The summed E-state index contributed by atoms with van der Waals surface area (Å²) in [5, 5.41) is 29.2. The van der Waals surface area contributed by atoms with Gasteiger partial charge in [0.25, 0.3) is 0 Å². The molecule has 0 bridgehead atoms. The lowest BCUT2D eigenvalue weighted by molar-refractivity contribution is -0.519. The Bertz CT molecular complexity index is 978. The van der Waals surface area contributed by atoms with E-state index in [1.165, 1.54) is 25.7 Å². The second kappa shape index (κ2) is 15.7. The first-order chi connectivity index (χ1) is 17.3. The maximum atomic E-state index is 11.4. The number of nitrogens with zero attached hydrogens (tertiary/aromatic N) is 4. The molecule has 0 aliphatic heterocycles. The molecule has 2 atom stereocenters. The van der Waals surface area contributed by atoms with Crippen LogP contribution in [0, 0.1) is 10.1 Å². The van der Waals surface area contributed by atoms with E-state index >= 15 is 0 Å². The summed E-state index contributed by atoms with van der Waals surface area (Å²) in [4.78, 5) is 23.9. The number of aliphatic carboxylic acids is 1. The van der Waals surface area contributed by atoms with Gasteiger partial charge in [0, 0.05) is 37.5 Å². The third-order valence-corrected chi connectivity index (χ3v) is 6.49. The summed E-state index contributed by atoms with van der Waals surface area (Å²) in [6.07, 6.45) is 8.54. The van der Waals surface area contributed by atoms with Crippen molar-refractivity contribution in [2.45, 2.75) is 83.6 Å². The van der Waals surface area contributed by atoms with E-state index in [0.717, 1.165) is 36.2 Å². The summed E-state index contributed by atoms with van der Waals surface area (Å²) in [5.41, 5.74) is 3.34. The van der Waals surface area contributed by atoms with Gasteiger partial charge in [-0.25, -0.2) is 0 Å². The van der Waals surface area contributed by atoms with Crippen LogP contribution in [-0.4, -0.2) is 35.6 Å². The van der Waals surface area contributed by atoms with Crippen molar-refractivity contribution < 1.29 is 14.8 Å². The Morgan fingerprint density at radius 3 is 2.36 bits per heavy atom. The van der Waals surface area contributed by atoms with E-state index in [1.54, 1.807) is 6.92 Å². The predicted octanol–water partition coefficient (Wildman–Crippen LogP) is 7.90. The fourth-order valence-electron chi connectivity index (χ4n) is 4.27. The normalized spacial score (nSPS) is 13.0. The second-order valence-corrected chi connectivity index (χ2v) is 9.46. The maximum Gasteiger partial charge on any atom is 0.305 e. The number of azo groups is 1. The van der Waals surface area contributed by atoms with E-state index in [-0.39, 0.29) is 17.3 Å². The molecule has 0 radical (unpaired) electrons. The van der Waals surface area contributed by atoms with Crippen LogP contribution in [0.3, 0.4) is 0 Å². The molecule has 0 spiro atoms. The molecule has 8 heteroatoms. The van der Waals surface area contributed by atoms with Crippen molar-refractivity contribution in [3.05, 3.63) is 64.2 Å². The minimum atomic E-state index is -0.826. The van der Waals surface area contributed by atoms with Crippen molar-refractivity contribution in [2.24, 2.45) is 10.2 Å². The van der Waals surface area contributed by atoms with E-state index in [9.17, 15) is 14.9 Å². The molecule has 2 unspecified atom stereocenters. The Hall–Kier alpha value is -3.29. The van der Waals surface area contributed by atoms with Gasteiger partial charge in [0.2, 0.25) is 6.04 Å². The Kier molecular flexibility index (Phi) is 12.6. The van der Waals surface area contributed by atoms with Crippen LogP contribution in [0.4, 0.5) is 17.1 Å². The van der Waals surface area contributed by atoms with E-state index < -0.39 is 12.0 Å². The number of carbonyl (C=O) groups is 1. The van der Waals surface area contributed by atoms with Gasteiger partial charge in [-0.05, 0) is 48.2 Å². The molecule has 2 aromatic rings. The zero-order valence-electron chi connectivity index (χ0n) is 21.8. The Balaban J connectivity index is 2.13. The maximum absolute atomic E-state index is 11.4. The molecule has 0 saturated carbocycles. The minimum absolute atomic E-state index is 0.0528. The average molecular weight is 497 g/mol. The molecule has 0 saturated heterocycles. The number of carboxylic acids is 1. The largest absolute Gasteiger partial charge is 0.481 e. The number of anilines is 1. The molecule has 0 aliphatic carbocycles. The number of benzene rings is 2. The summed E-state index contributed by atoms with van der Waals surface area (Å²) in [6.45, 7) is 4.30. The van der Waals surface area contributed by atoms with Crippen LogP contribution in [0.1, 0.15) is 83.1 Å². The van der Waals surface area contributed by atoms with Crippen LogP contribution in [-0.2, 0) is 4.79 Å². The fraction of sp³-hybridized carbons (Fsp3) is 0.536. The van der Waals surface area contributed by atoms with Gasteiger partial charge in [0.15, 0.2) is 0 Å². The summed E-state index contributed by atoms with van der Waals surface area (Å²) >= 11 is 0. The molecule has 2 rings (SSSR count). The van der Waals surface area contributed by atoms with Gasteiger partial charge >= 0.3 is 5.97 Å². The quantitative estimate of drug-likeness (QED) is 0.104. The first-order valence-electron chi connectivity index (χ1n) is 13.0. The van der Waals surface area contributed by atoms with E-state index in [2.05, 4.69) is 17.2 Å². The van der Waals surface area contributed by atoms with Crippen molar-refractivity contribution in [1.82, 2.24) is 0 Å². The van der Waals surface area contributed by atoms with Gasteiger partial charge in [0.1, 0.15) is 0 Å². The minimum Gasteiger partial charge on any atom is -0.481 e. The lowest BCUT2D eigenvalue weighted by Crippen LogP contribution is -2.20. The number of hydrogen-bond donors (Lipinski definition) is 1. The van der Waals surface area contributed by atoms with Crippen molar-refractivity contribution in [1.29, 1.82) is 0 Å². The van der Waals surface area contributed by atoms with Gasteiger partial charge < -0.3 is 10.0 Å². The van der Waals surface area contributed by atoms with Crippen molar-refractivity contribution in [3.8, 4) is 0 Å². The van der Waals surface area contributed by atoms with Crippen LogP contribution in [0.5, 0.6) is 0 Å². The second-order valence-electron chi connectivity index (χ2n) is 9.46. The third-order valence-electron chi connectivity index (χ3n) is 6.49. The van der Waals surface area contributed by atoms with Crippen LogP contribution in [0.25, 0.3) is 0 Å². The first-order valence-corrected chi connectivity index (χ1v) is 13.0. The fourth-order valence-corrected chi connectivity index (χ4v) is 4.27. The Morgan fingerprint density at radius 2 is 1.69 bits per heavy atom. The highest BCUT2D eigenvalue weighted by Crippen LogP contribution is 2.35. The van der Waals surface area contributed by atoms with Gasteiger partial charge in [-0.15, -0.1) is 0 Å². The molecule has 36 heavy (non-hydrogen) atoms. The van der Waals surface area contributed by atoms with Gasteiger partial charge in [0.05, 0.1) is 17.8 Å². The number of carboxylic acid groups (broad SMARTS) is 1. The average Bonchev–Trinajstić information content (AvgIpc) is 2.87. The molecule has 1 N–H and O–H groups in total. The van der Waals surface area contributed by atoms with Crippen molar-refractivity contribution >= 4 is 23.0 Å². The Labute approximate surface area is 214 Å². The molecule has 0 heterocycles. The van der Waals surface area contributed by atoms with Crippen molar-refractivity contribution in [2.75, 3.05) is 18.5 Å².